The Morgan fingerprint density at radius 2 is 1.75 bits per heavy atom. The molecule has 1 aliphatic heterocycles. The van der Waals surface area contributed by atoms with Crippen LogP contribution in [-0.4, -0.2) is 38.9 Å². The van der Waals surface area contributed by atoms with Gasteiger partial charge in [0.15, 0.2) is 11.6 Å². The molecule has 0 saturated carbocycles. The topological polar surface area (TPSA) is 63.9 Å². The summed E-state index contributed by atoms with van der Waals surface area (Å²) in [5, 5.41) is 15.1. The maximum Gasteiger partial charge on any atom is 0.417 e. The summed E-state index contributed by atoms with van der Waals surface area (Å²) in [5.41, 5.74) is -0.120. The van der Waals surface area contributed by atoms with E-state index in [-0.39, 0.29) is 12.3 Å². The molecule has 0 amide bonds. The lowest BCUT2D eigenvalue weighted by Gasteiger charge is -2.33. The van der Waals surface area contributed by atoms with Gasteiger partial charge in [-0.2, -0.15) is 18.3 Å². The first-order valence-corrected chi connectivity index (χ1v) is 11.6. The van der Waals surface area contributed by atoms with Gasteiger partial charge < -0.3 is 4.90 Å². The molecule has 5 rings (SSSR count). The molecule has 1 saturated heterocycles. The lowest BCUT2D eigenvalue weighted by atomic mass is 9.88. The predicted octanol–water partition coefficient (Wildman–Crippen LogP) is 5.68. The van der Waals surface area contributed by atoms with Crippen molar-refractivity contribution in [3.8, 4) is 11.4 Å². The molecule has 6 nitrogen and oxygen atoms in total. The molecule has 1 aliphatic rings. The van der Waals surface area contributed by atoms with E-state index < -0.39 is 28.9 Å². The second kappa shape index (κ2) is 9.33. The number of aromatic nitrogens is 4. The molecule has 0 atom stereocenters. The average molecular weight is 497 g/mol. The zero-order valence-corrected chi connectivity index (χ0v) is 19.5. The summed E-state index contributed by atoms with van der Waals surface area (Å²) in [7, 11) is 1.84. The summed E-state index contributed by atoms with van der Waals surface area (Å²) in [4.78, 5) is 14.8. The Hall–Kier alpha value is -3.82. The van der Waals surface area contributed by atoms with Crippen LogP contribution in [0.2, 0.25) is 0 Å². The Labute approximate surface area is 204 Å². The van der Waals surface area contributed by atoms with Crippen LogP contribution in [0.4, 0.5) is 23.4 Å². The summed E-state index contributed by atoms with van der Waals surface area (Å²) >= 11 is 0. The van der Waals surface area contributed by atoms with E-state index in [4.69, 9.17) is 0 Å². The fourth-order valence-corrected chi connectivity index (χ4v) is 4.83. The highest BCUT2D eigenvalue weighted by Gasteiger charge is 2.36. The molecule has 0 bridgehead atoms. The van der Waals surface area contributed by atoms with Gasteiger partial charge in [-0.1, -0.05) is 24.3 Å². The molecule has 0 radical (unpaired) electrons. The largest absolute Gasteiger partial charge is 0.417 e. The average Bonchev–Trinajstić information content (AvgIpc) is 3.29. The number of anilines is 1. The Morgan fingerprint density at radius 3 is 2.42 bits per heavy atom. The van der Waals surface area contributed by atoms with Crippen molar-refractivity contribution in [3.63, 3.8) is 0 Å². The van der Waals surface area contributed by atoms with Crippen LogP contribution in [0.5, 0.6) is 0 Å². The molecule has 186 valence electrons. The van der Waals surface area contributed by atoms with Crippen LogP contribution < -0.4 is 4.90 Å². The van der Waals surface area contributed by atoms with E-state index in [0.717, 1.165) is 40.1 Å². The van der Waals surface area contributed by atoms with E-state index in [1.165, 1.54) is 0 Å². The number of ketones is 1. The van der Waals surface area contributed by atoms with Gasteiger partial charge in [0, 0.05) is 49.1 Å². The van der Waals surface area contributed by atoms with Crippen LogP contribution in [0, 0.1) is 11.7 Å². The molecule has 10 heteroatoms. The number of hydrogen-bond donors (Lipinski definition) is 0. The van der Waals surface area contributed by atoms with Crippen LogP contribution in [0.1, 0.15) is 35.2 Å². The number of Topliss-reactive ketones (excluding diaryl/α,β-unsaturated/α-hetero) is 1. The normalized spacial score (nSPS) is 15.0. The van der Waals surface area contributed by atoms with Crippen molar-refractivity contribution in [2.24, 2.45) is 13.0 Å². The highest BCUT2D eigenvalue weighted by Crippen LogP contribution is 2.36. The van der Waals surface area contributed by atoms with Crippen LogP contribution in [0.15, 0.2) is 54.7 Å². The number of benzene rings is 2. The second-order valence-electron chi connectivity index (χ2n) is 9.00. The number of hydrogen-bond acceptors (Lipinski definition) is 5. The molecular formula is C26H23F4N5O. The van der Waals surface area contributed by atoms with Crippen LogP contribution >= 0.6 is 0 Å². The molecule has 2 aromatic heterocycles. The van der Waals surface area contributed by atoms with Crippen molar-refractivity contribution in [1.82, 2.24) is 20.0 Å². The zero-order chi connectivity index (χ0) is 25.4. The number of carbonyl (C=O) groups is 1. The molecule has 0 aliphatic carbocycles. The van der Waals surface area contributed by atoms with Gasteiger partial charge in [0.05, 0.1) is 11.3 Å². The number of carbonyl (C=O) groups excluding carboxylic acids is 1. The van der Waals surface area contributed by atoms with Crippen molar-refractivity contribution in [2.75, 3.05) is 18.0 Å². The first kappa shape index (κ1) is 23.9. The smallest absolute Gasteiger partial charge is 0.355 e. The summed E-state index contributed by atoms with van der Waals surface area (Å²) in [6, 6.07) is 11.9. The van der Waals surface area contributed by atoms with Crippen molar-refractivity contribution in [2.45, 2.75) is 25.4 Å². The number of piperidine rings is 1. The Kier molecular flexibility index (Phi) is 6.19. The number of fused-ring (bicyclic) bond motifs is 1. The molecule has 1 fully saturated rings. The van der Waals surface area contributed by atoms with Crippen molar-refractivity contribution in [1.29, 1.82) is 0 Å². The minimum absolute atomic E-state index is 0.0194. The number of rotatable bonds is 5. The monoisotopic (exact) mass is 497 g/mol. The van der Waals surface area contributed by atoms with E-state index in [1.807, 2.05) is 37.4 Å². The molecular weight excluding hydrogens is 474 g/mol. The summed E-state index contributed by atoms with van der Waals surface area (Å²) in [5.74, 6) is -0.978. The minimum Gasteiger partial charge on any atom is -0.355 e. The first-order chi connectivity index (χ1) is 17.2. The second-order valence-corrected chi connectivity index (χ2v) is 9.00. The van der Waals surface area contributed by atoms with Gasteiger partial charge in [-0.3, -0.25) is 9.48 Å². The van der Waals surface area contributed by atoms with Gasteiger partial charge in [-0.05, 0) is 43.0 Å². The predicted molar refractivity (Wildman–Crippen MR) is 127 cm³/mol. The van der Waals surface area contributed by atoms with Gasteiger partial charge >= 0.3 is 6.18 Å². The molecule has 0 N–H and O–H groups in total. The summed E-state index contributed by atoms with van der Waals surface area (Å²) < 4.78 is 55.1. The van der Waals surface area contributed by atoms with Gasteiger partial charge in [0.1, 0.15) is 11.5 Å². The highest BCUT2D eigenvalue weighted by atomic mass is 19.4. The van der Waals surface area contributed by atoms with E-state index in [2.05, 4.69) is 20.2 Å². The van der Waals surface area contributed by atoms with Crippen molar-refractivity contribution >= 4 is 22.4 Å². The minimum atomic E-state index is -4.79. The van der Waals surface area contributed by atoms with Crippen molar-refractivity contribution in [3.05, 3.63) is 71.7 Å². The first-order valence-electron chi connectivity index (χ1n) is 11.6. The van der Waals surface area contributed by atoms with Crippen LogP contribution in [0.25, 0.3) is 22.2 Å². The molecule has 0 unspecified atom stereocenters. The third-order valence-corrected chi connectivity index (χ3v) is 6.71. The molecule has 2 aromatic carbocycles. The van der Waals surface area contributed by atoms with E-state index >= 15 is 0 Å². The Morgan fingerprint density at radius 1 is 1.03 bits per heavy atom. The fraction of sp³-hybridized carbons (Fsp3) is 0.308. The van der Waals surface area contributed by atoms with E-state index in [1.54, 1.807) is 10.9 Å². The zero-order valence-electron chi connectivity index (χ0n) is 19.5. The standard InChI is InChI=1S/C26H23F4N5O/c1-34-22(8-11-31-34)24-18-4-2-3-5-19(18)25(33-32-24)35-12-9-16(10-13-35)14-23(36)20-7-6-17(27)15-21(20)26(28,29)30/h2-8,11,15-16H,9-10,12-14H2,1H3. The molecule has 3 heterocycles. The van der Waals surface area contributed by atoms with Crippen LogP contribution in [0.3, 0.4) is 0 Å². The van der Waals surface area contributed by atoms with Gasteiger partial charge in [0.2, 0.25) is 0 Å². The van der Waals surface area contributed by atoms with E-state index in [9.17, 15) is 22.4 Å². The van der Waals surface area contributed by atoms with Crippen molar-refractivity contribution < 1.29 is 22.4 Å². The number of aryl methyl sites for hydroxylation is 1. The van der Waals surface area contributed by atoms with Crippen LogP contribution in [-0.2, 0) is 13.2 Å². The third kappa shape index (κ3) is 4.55. The summed E-state index contributed by atoms with van der Waals surface area (Å²) in [6.45, 7) is 1.19. The molecule has 0 spiro atoms. The van der Waals surface area contributed by atoms with E-state index in [0.29, 0.717) is 32.0 Å². The quantitative estimate of drug-likeness (QED) is 0.262. The molecule has 36 heavy (non-hydrogen) atoms. The van der Waals surface area contributed by atoms with Gasteiger partial charge in [0.25, 0.3) is 0 Å². The fourth-order valence-electron chi connectivity index (χ4n) is 4.83. The number of alkyl halides is 3. The number of halogens is 4. The Balaban J connectivity index is 1.32. The number of nitrogens with zero attached hydrogens (tertiary/aromatic N) is 5. The summed E-state index contributed by atoms with van der Waals surface area (Å²) in [6.07, 6.45) is -1.87. The maximum absolute atomic E-state index is 13.4. The Bertz CT molecular complexity index is 1420. The lowest BCUT2D eigenvalue weighted by Crippen LogP contribution is -2.35. The SMILES string of the molecule is Cn1nccc1-c1nnc(N2CCC(CC(=O)c3ccc(F)cc3C(F)(F)F)CC2)c2ccccc12. The lowest BCUT2D eigenvalue weighted by molar-refractivity contribution is -0.138. The highest BCUT2D eigenvalue weighted by molar-refractivity contribution is 6.00. The van der Waals surface area contributed by atoms with Gasteiger partial charge in [-0.15, -0.1) is 10.2 Å². The molecule has 4 aromatic rings. The third-order valence-electron chi connectivity index (χ3n) is 6.71. The van der Waals surface area contributed by atoms with Gasteiger partial charge in [-0.25, -0.2) is 4.39 Å². The maximum atomic E-state index is 13.4.